The molecule has 1 fully saturated rings. The smallest absolute Gasteiger partial charge is 0.243 e. The van der Waals surface area contributed by atoms with Gasteiger partial charge >= 0.3 is 0 Å². The summed E-state index contributed by atoms with van der Waals surface area (Å²) in [5.41, 5.74) is 1.84. The lowest BCUT2D eigenvalue weighted by Gasteiger charge is -2.31. The maximum Gasteiger partial charge on any atom is 0.243 e. The van der Waals surface area contributed by atoms with Crippen LogP contribution in [0.1, 0.15) is 36.9 Å². The third kappa shape index (κ3) is 5.19. The number of ether oxygens (including phenoxy) is 2. The molecule has 168 valence electrons. The number of aryl methyl sites for hydroxylation is 1. The van der Waals surface area contributed by atoms with E-state index in [2.05, 4.69) is 5.32 Å². The minimum absolute atomic E-state index is 0.0789. The molecule has 0 radical (unpaired) electrons. The zero-order chi connectivity index (χ0) is 22.6. The fraction of sp³-hybridized carbons (Fsp3) is 0.435. The van der Waals surface area contributed by atoms with Crippen molar-refractivity contribution in [2.24, 2.45) is 5.92 Å². The van der Waals surface area contributed by atoms with Gasteiger partial charge in [-0.05, 0) is 57.0 Å². The van der Waals surface area contributed by atoms with Crippen molar-refractivity contribution in [3.8, 4) is 11.5 Å². The summed E-state index contributed by atoms with van der Waals surface area (Å²) in [6.45, 7) is 4.46. The topological polar surface area (TPSA) is 84.9 Å². The van der Waals surface area contributed by atoms with Crippen LogP contribution < -0.4 is 14.8 Å². The average molecular weight is 447 g/mol. The van der Waals surface area contributed by atoms with Gasteiger partial charge in [0.1, 0.15) is 11.5 Å². The fourth-order valence-electron chi connectivity index (χ4n) is 3.80. The number of methoxy groups -OCH3 is 2. The molecular formula is C23H30N2O5S. The fourth-order valence-corrected chi connectivity index (χ4v) is 5.27. The molecule has 0 saturated carbocycles. The second-order valence-electron chi connectivity index (χ2n) is 7.83. The highest BCUT2D eigenvalue weighted by molar-refractivity contribution is 7.89. The second-order valence-corrected chi connectivity index (χ2v) is 9.77. The first-order chi connectivity index (χ1) is 14.8. The Morgan fingerprint density at radius 1 is 1.06 bits per heavy atom. The Kier molecular flexibility index (Phi) is 7.23. The molecule has 3 rings (SSSR count). The molecule has 0 aliphatic carbocycles. The Bertz CT molecular complexity index is 1010. The van der Waals surface area contributed by atoms with Crippen LogP contribution in [0.15, 0.2) is 47.4 Å². The van der Waals surface area contributed by atoms with Gasteiger partial charge in [0.05, 0.1) is 25.2 Å². The number of carbonyl (C=O) groups excluding carboxylic acids is 1. The van der Waals surface area contributed by atoms with Crippen molar-refractivity contribution in [1.29, 1.82) is 0 Å². The van der Waals surface area contributed by atoms with E-state index in [-0.39, 0.29) is 17.9 Å². The molecular weight excluding hydrogens is 416 g/mol. The largest absolute Gasteiger partial charge is 0.497 e. The summed E-state index contributed by atoms with van der Waals surface area (Å²) in [6.07, 6.45) is 0.970. The van der Waals surface area contributed by atoms with Crippen LogP contribution in [0.2, 0.25) is 0 Å². The molecule has 1 atom stereocenters. The average Bonchev–Trinajstić information content (AvgIpc) is 2.78. The van der Waals surface area contributed by atoms with Crippen molar-refractivity contribution in [1.82, 2.24) is 9.62 Å². The molecule has 0 spiro atoms. The van der Waals surface area contributed by atoms with Crippen molar-refractivity contribution in [3.63, 3.8) is 0 Å². The number of hydrogen-bond donors (Lipinski definition) is 1. The standard InChI is InChI=1S/C23H30N2O5S/c1-16-5-8-20(9-6-16)31(27,28)25-13-11-18(12-14-25)23(26)24-17(2)21-15-19(29-3)7-10-22(21)30-4/h5-10,15,17-18H,11-14H2,1-4H3,(H,24,26). The first-order valence-electron chi connectivity index (χ1n) is 10.4. The van der Waals surface area contributed by atoms with E-state index in [1.807, 2.05) is 26.0 Å². The van der Waals surface area contributed by atoms with Crippen LogP contribution in [0, 0.1) is 12.8 Å². The van der Waals surface area contributed by atoms with E-state index in [1.54, 1.807) is 44.6 Å². The third-order valence-electron chi connectivity index (χ3n) is 5.75. The van der Waals surface area contributed by atoms with Gasteiger partial charge in [0.2, 0.25) is 15.9 Å². The monoisotopic (exact) mass is 446 g/mol. The molecule has 1 amide bonds. The van der Waals surface area contributed by atoms with E-state index in [1.165, 1.54) is 4.31 Å². The Balaban J connectivity index is 1.62. The lowest BCUT2D eigenvalue weighted by molar-refractivity contribution is -0.126. The summed E-state index contributed by atoms with van der Waals surface area (Å²) in [7, 11) is -0.362. The number of hydrogen-bond acceptors (Lipinski definition) is 5. The van der Waals surface area contributed by atoms with Crippen LogP contribution in [0.25, 0.3) is 0 Å². The molecule has 31 heavy (non-hydrogen) atoms. The highest BCUT2D eigenvalue weighted by Gasteiger charge is 2.32. The molecule has 0 bridgehead atoms. The van der Waals surface area contributed by atoms with Crippen molar-refractivity contribution in [2.75, 3.05) is 27.3 Å². The van der Waals surface area contributed by atoms with Crippen LogP contribution in [-0.4, -0.2) is 45.9 Å². The first-order valence-corrected chi connectivity index (χ1v) is 11.8. The summed E-state index contributed by atoms with van der Waals surface area (Å²) in [5, 5.41) is 3.04. The first kappa shape index (κ1) is 23.1. The van der Waals surface area contributed by atoms with E-state index in [0.29, 0.717) is 42.3 Å². The zero-order valence-electron chi connectivity index (χ0n) is 18.4. The summed E-state index contributed by atoms with van der Waals surface area (Å²) in [6, 6.07) is 12.0. The molecule has 1 aliphatic rings. The minimum atomic E-state index is -3.54. The van der Waals surface area contributed by atoms with Gasteiger partial charge < -0.3 is 14.8 Å². The second kappa shape index (κ2) is 9.70. The van der Waals surface area contributed by atoms with E-state index in [9.17, 15) is 13.2 Å². The number of sulfonamides is 1. The SMILES string of the molecule is COc1ccc(OC)c(C(C)NC(=O)C2CCN(S(=O)(=O)c3ccc(C)cc3)CC2)c1. The summed E-state index contributed by atoms with van der Waals surface area (Å²) < 4.78 is 37.9. The summed E-state index contributed by atoms with van der Waals surface area (Å²) in [5.74, 6) is 1.05. The lowest BCUT2D eigenvalue weighted by atomic mass is 9.96. The maximum atomic E-state index is 12.9. The number of rotatable bonds is 7. The van der Waals surface area contributed by atoms with Crippen LogP contribution >= 0.6 is 0 Å². The molecule has 0 aromatic heterocycles. The van der Waals surface area contributed by atoms with E-state index in [0.717, 1.165) is 11.1 Å². The normalized spacial score (nSPS) is 16.5. The van der Waals surface area contributed by atoms with Crippen LogP contribution in [0.4, 0.5) is 0 Å². The molecule has 8 heteroatoms. The Labute approximate surface area is 184 Å². The van der Waals surface area contributed by atoms with E-state index in [4.69, 9.17) is 9.47 Å². The number of carbonyl (C=O) groups is 1. The number of amides is 1. The molecule has 2 aromatic rings. The van der Waals surface area contributed by atoms with Gasteiger partial charge in [0.15, 0.2) is 0 Å². The molecule has 1 heterocycles. The van der Waals surface area contributed by atoms with Crippen LogP contribution in [0.3, 0.4) is 0 Å². The Morgan fingerprint density at radius 3 is 2.29 bits per heavy atom. The molecule has 1 aliphatic heterocycles. The molecule has 7 nitrogen and oxygen atoms in total. The van der Waals surface area contributed by atoms with Gasteiger partial charge in [-0.1, -0.05) is 17.7 Å². The third-order valence-corrected chi connectivity index (χ3v) is 7.66. The van der Waals surface area contributed by atoms with E-state index >= 15 is 0 Å². The predicted molar refractivity (Wildman–Crippen MR) is 119 cm³/mol. The van der Waals surface area contributed by atoms with Crippen LogP contribution in [0.5, 0.6) is 11.5 Å². The van der Waals surface area contributed by atoms with Gasteiger partial charge in [-0.15, -0.1) is 0 Å². The van der Waals surface area contributed by atoms with E-state index < -0.39 is 10.0 Å². The Morgan fingerprint density at radius 2 is 1.71 bits per heavy atom. The quantitative estimate of drug-likeness (QED) is 0.706. The number of piperidine rings is 1. The van der Waals surface area contributed by atoms with Crippen molar-refractivity contribution in [3.05, 3.63) is 53.6 Å². The van der Waals surface area contributed by atoms with Gasteiger partial charge in [-0.25, -0.2) is 8.42 Å². The number of nitrogens with zero attached hydrogens (tertiary/aromatic N) is 1. The summed E-state index contributed by atoms with van der Waals surface area (Å²) >= 11 is 0. The zero-order valence-corrected chi connectivity index (χ0v) is 19.2. The molecule has 2 aromatic carbocycles. The van der Waals surface area contributed by atoms with Gasteiger partial charge in [-0.2, -0.15) is 4.31 Å². The van der Waals surface area contributed by atoms with Gasteiger partial charge in [0, 0.05) is 24.6 Å². The van der Waals surface area contributed by atoms with Crippen molar-refractivity contribution < 1.29 is 22.7 Å². The molecule has 1 N–H and O–H groups in total. The van der Waals surface area contributed by atoms with Crippen molar-refractivity contribution in [2.45, 2.75) is 37.6 Å². The lowest BCUT2D eigenvalue weighted by Crippen LogP contribution is -2.43. The Hall–Kier alpha value is -2.58. The number of benzene rings is 2. The van der Waals surface area contributed by atoms with Gasteiger partial charge in [-0.3, -0.25) is 4.79 Å². The maximum absolute atomic E-state index is 12.9. The highest BCUT2D eigenvalue weighted by atomic mass is 32.2. The molecule has 1 saturated heterocycles. The summed E-state index contributed by atoms with van der Waals surface area (Å²) in [4.78, 5) is 13.1. The molecule has 1 unspecified atom stereocenters. The van der Waals surface area contributed by atoms with Gasteiger partial charge in [0.25, 0.3) is 0 Å². The van der Waals surface area contributed by atoms with Crippen LogP contribution in [-0.2, 0) is 14.8 Å². The predicted octanol–water partition coefficient (Wildman–Crippen LogP) is 3.29. The minimum Gasteiger partial charge on any atom is -0.497 e. The van der Waals surface area contributed by atoms with Crippen molar-refractivity contribution >= 4 is 15.9 Å². The number of nitrogens with one attached hydrogen (secondary N) is 1. The highest BCUT2D eigenvalue weighted by Crippen LogP contribution is 2.30.